The SMILES string of the molecule is COC(=O)c1ccc2c(c1)NC(=O)/C2=C1\C=C(c2ccc(C(=O)N3CCN(CCO)CC3)cc2)C(C)(C)O1. The van der Waals surface area contributed by atoms with Gasteiger partial charge in [0.05, 0.1) is 30.5 Å². The largest absolute Gasteiger partial charge is 0.482 e. The van der Waals surface area contributed by atoms with Gasteiger partial charge in [-0.15, -0.1) is 0 Å². The Labute approximate surface area is 221 Å². The number of aliphatic hydroxyl groups excluding tert-OH is 1. The summed E-state index contributed by atoms with van der Waals surface area (Å²) in [5.74, 6) is -0.336. The number of ether oxygens (including phenoxy) is 2. The van der Waals surface area contributed by atoms with E-state index in [4.69, 9.17) is 14.6 Å². The minimum atomic E-state index is -0.702. The van der Waals surface area contributed by atoms with Crippen molar-refractivity contribution in [2.75, 3.05) is 51.8 Å². The fourth-order valence-electron chi connectivity index (χ4n) is 5.17. The fourth-order valence-corrected chi connectivity index (χ4v) is 5.17. The molecule has 2 aromatic carbocycles. The predicted molar refractivity (Wildman–Crippen MR) is 142 cm³/mol. The highest BCUT2D eigenvalue weighted by Gasteiger charge is 2.38. The molecule has 3 aliphatic heterocycles. The van der Waals surface area contributed by atoms with Crippen molar-refractivity contribution >= 4 is 34.6 Å². The Kier molecular flexibility index (Phi) is 6.81. The zero-order valence-electron chi connectivity index (χ0n) is 21.7. The van der Waals surface area contributed by atoms with E-state index in [0.29, 0.717) is 53.3 Å². The quantitative estimate of drug-likeness (QED) is 0.464. The first-order chi connectivity index (χ1) is 18.2. The number of benzene rings is 2. The summed E-state index contributed by atoms with van der Waals surface area (Å²) in [4.78, 5) is 41.8. The van der Waals surface area contributed by atoms with E-state index in [0.717, 1.165) is 24.2 Å². The van der Waals surface area contributed by atoms with Gasteiger partial charge in [-0.1, -0.05) is 18.2 Å². The van der Waals surface area contributed by atoms with Gasteiger partial charge in [0, 0.05) is 49.4 Å². The summed E-state index contributed by atoms with van der Waals surface area (Å²) in [7, 11) is 1.31. The summed E-state index contributed by atoms with van der Waals surface area (Å²) in [6.45, 7) is 7.39. The average molecular weight is 518 g/mol. The molecular formula is C29H31N3O6. The number of carbonyl (C=O) groups is 3. The van der Waals surface area contributed by atoms with Crippen LogP contribution in [0.15, 0.2) is 54.3 Å². The van der Waals surface area contributed by atoms with E-state index in [9.17, 15) is 14.4 Å². The first kappa shape index (κ1) is 25.7. The lowest BCUT2D eigenvalue weighted by Crippen LogP contribution is -2.49. The van der Waals surface area contributed by atoms with Crippen LogP contribution in [-0.2, 0) is 14.3 Å². The van der Waals surface area contributed by atoms with Crippen LogP contribution in [-0.4, -0.2) is 84.7 Å². The summed E-state index contributed by atoms with van der Waals surface area (Å²) in [6, 6.07) is 12.4. The predicted octanol–water partition coefficient (Wildman–Crippen LogP) is 2.78. The number of aliphatic hydroxyl groups is 1. The Bertz CT molecular complexity index is 1350. The highest BCUT2D eigenvalue weighted by molar-refractivity contribution is 6.32. The Balaban J connectivity index is 1.39. The number of hydrogen-bond acceptors (Lipinski definition) is 7. The number of rotatable bonds is 5. The lowest BCUT2D eigenvalue weighted by Gasteiger charge is -2.34. The van der Waals surface area contributed by atoms with E-state index in [1.807, 2.05) is 49.1 Å². The molecule has 0 atom stereocenters. The van der Waals surface area contributed by atoms with Crippen molar-refractivity contribution in [2.45, 2.75) is 19.4 Å². The van der Waals surface area contributed by atoms with Gasteiger partial charge in [-0.25, -0.2) is 4.79 Å². The number of amides is 2. The van der Waals surface area contributed by atoms with Crippen LogP contribution in [0.5, 0.6) is 0 Å². The highest BCUT2D eigenvalue weighted by atomic mass is 16.5. The van der Waals surface area contributed by atoms with Gasteiger partial charge in [0.15, 0.2) is 0 Å². The molecule has 9 heteroatoms. The summed E-state index contributed by atoms with van der Waals surface area (Å²) in [6.07, 6.45) is 1.87. The number of β-amino-alcohol motifs (C(OH)–C–C–N with tert-alkyl or cyclic N) is 1. The molecule has 0 unspecified atom stereocenters. The van der Waals surface area contributed by atoms with E-state index >= 15 is 0 Å². The smallest absolute Gasteiger partial charge is 0.337 e. The fraction of sp³-hybridized carbons (Fsp3) is 0.345. The lowest BCUT2D eigenvalue weighted by atomic mass is 9.91. The van der Waals surface area contributed by atoms with Gasteiger partial charge in [-0.3, -0.25) is 14.5 Å². The Morgan fingerprint density at radius 2 is 1.74 bits per heavy atom. The van der Waals surface area contributed by atoms with Crippen LogP contribution in [0, 0.1) is 0 Å². The zero-order valence-corrected chi connectivity index (χ0v) is 21.7. The number of allylic oxidation sites excluding steroid dienone is 1. The molecule has 3 heterocycles. The number of esters is 1. The minimum absolute atomic E-state index is 0.00975. The molecule has 0 aromatic heterocycles. The molecule has 1 saturated heterocycles. The molecule has 2 amide bonds. The van der Waals surface area contributed by atoms with Crippen LogP contribution in [0.2, 0.25) is 0 Å². The summed E-state index contributed by atoms with van der Waals surface area (Å²) in [5.41, 5.74) is 3.65. The molecule has 1 fully saturated rings. The number of fused-ring (bicyclic) bond motifs is 1. The number of nitrogens with zero attached hydrogens (tertiary/aromatic N) is 2. The second-order valence-electron chi connectivity index (χ2n) is 10.1. The van der Waals surface area contributed by atoms with Gasteiger partial charge in [-0.05, 0) is 49.8 Å². The van der Waals surface area contributed by atoms with Gasteiger partial charge in [0.1, 0.15) is 11.4 Å². The van der Waals surface area contributed by atoms with Crippen LogP contribution >= 0.6 is 0 Å². The van der Waals surface area contributed by atoms with Gasteiger partial charge in [-0.2, -0.15) is 0 Å². The Morgan fingerprint density at radius 3 is 2.39 bits per heavy atom. The third kappa shape index (κ3) is 4.70. The maximum atomic E-state index is 13.0. The highest BCUT2D eigenvalue weighted by Crippen LogP contribution is 2.44. The maximum absolute atomic E-state index is 13.0. The van der Waals surface area contributed by atoms with Crippen molar-refractivity contribution in [3.63, 3.8) is 0 Å². The van der Waals surface area contributed by atoms with Gasteiger partial charge in [0.2, 0.25) is 0 Å². The number of methoxy groups -OCH3 is 1. The molecule has 0 aliphatic carbocycles. The molecule has 0 spiro atoms. The second kappa shape index (κ2) is 10.1. The Morgan fingerprint density at radius 1 is 1.05 bits per heavy atom. The zero-order chi connectivity index (χ0) is 27.0. The monoisotopic (exact) mass is 517 g/mol. The molecule has 9 nitrogen and oxygen atoms in total. The topological polar surface area (TPSA) is 108 Å². The molecule has 0 radical (unpaired) electrons. The van der Waals surface area contributed by atoms with Crippen molar-refractivity contribution in [3.05, 3.63) is 76.6 Å². The van der Waals surface area contributed by atoms with Gasteiger partial charge >= 0.3 is 5.97 Å². The molecule has 0 saturated carbocycles. The van der Waals surface area contributed by atoms with E-state index in [1.165, 1.54) is 7.11 Å². The standard InChI is InChI=1S/C29H31N3O6/c1-29(2)22(18-4-6-19(7-5-18)27(35)32-12-10-31(11-13-32)14-15-33)17-24(38-29)25-21-9-8-20(28(36)37-3)16-23(21)30-26(25)34/h4-9,16-17,33H,10-15H2,1-3H3,(H,30,34)/b25-24+. The lowest BCUT2D eigenvalue weighted by molar-refractivity contribution is -0.111. The molecule has 198 valence electrons. The number of hydrogen-bond donors (Lipinski definition) is 2. The van der Waals surface area contributed by atoms with Crippen molar-refractivity contribution in [1.29, 1.82) is 0 Å². The third-order valence-corrected chi connectivity index (χ3v) is 7.24. The van der Waals surface area contributed by atoms with Crippen LogP contribution < -0.4 is 5.32 Å². The number of anilines is 1. The van der Waals surface area contributed by atoms with E-state index in [2.05, 4.69) is 10.2 Å². The van der Waals surface area contributed by atoms with Crippen molar-refractivity contribution in [1.82, 2.24) is 9.80 Å². The number of nitrogens with one attached hydrogen (secondary N) is 1. The van der Waals surface area contributed by atoms with Crippen molar-refractivity contribution < 1.29 is 29.0 Å². The van der Waals surface area contributed by atoms with E-state index in [1.54, 1.807) is 18.2 Å². The number of piperazine rings is 1. The first-order valence-electron chi connectivity index (χ1n) is 12.6. The summed E-state index contributed by atoms with van der Waals surface area (Å²) in [5, 5.41) is 11.9. The van der Waals surface area contributed by atoms with Crippen molar-refractivity contribution in [2.24, 2.45) is 0 Å². The van der Waals surface area contributed by atoms with Crippen molar-refractivity contribution in [3.8, 4) is 0 Å². The molecule has 38 heavy (non-hydrogen) atoms. The molecule has 2 N–H and O–H groups in total. The summed E-state index contributed by atoms with van der Waals surface area (Å²) >= 11 is 0. The van der Waals surface area contributed by atoms with Gasteiger partial charge < -0.3 is 24.8 Å². The van der Waals surface area contributed by atoms with Crippen LogP contribution in [0.1, 0.15) is 45.7 Å². The Hall–Kier alpha value is -3.95. The first-order valence-corrected chi connectivity index (χ1v) is 12.6. The van der Waals surface area contributed by atoms with E-state index < -0.39 is 11.6 Å². The van der Waals surface area contributed by atoms with Crippen LogP contribution in [0.25, 0.3) is 11.1 Å². The molecule has 5 rings (SSSR count). The second-order valence-corrected chi connectivity index (χ2v) is 10.1. The molecule has 2 aromatic rings. The van der Waals surface area contributed by atoms with Crippen LogP contribution in [0.4, 0.5) is 5.69 Å². The van der Waals surface area contributed by atoms with E-state index in [-0.39, 0.29) is 18.4 Å². The molecular weight excluding hydrogens is 486 g/mol. The maximum Gasteiger partial charge on any atom is 0.337 e. The third-order valence-electron chi connectivity index (χ3n) is 7.24. The van der Waals surface area contributed by atoms with Crippen LogP contribution in [0.3, 0.4) is 0 Å². The number of carbonyl (C=O) groups excluding carboxylic acids is 3. The molecule has 3 aliphatic rings. The minimum Gasteiger partial charge on any atom is -0.482 e. The molecule has 0 bridgehead atoms. The van der Waals surface area contributed by atoms with Gasteiger partial charge in [0.25, 0.3) is 11.8 Å². The average Bonchev–Trinajstić information content (AvgIpc) is 3.42. The normalized spacial score (nSPS) is 20.5. The summed E-state index contributed by atoms with van der Waals surface area (Å²) < 4.78 is 11.0.